The average molecular weight is 423 g/mol. The summed E-state index contributed by atoms with van der Waals surface area (Å²) in [5.41, 5.74) is 7.08. The SMILES string of the molecule is COc1ccc(C(=O)NN=C(C)c2ccc(-c3ccccc3)cc2)cc1Br. The van der Waals surface area contributed by atoms with Gasteiger partial charge in [-0.3, -0.25) is 4.79 Å². The fourth-order valence-corrected chi connectivity index (χ4v) is 3.15. The highest BCUT2D eigenvalue weighted by Gasteiger charge is 2.08. The van der Waals surface area contributed by atoms with Gasteiger partial charge in [0.2, 0.25) is 0 Å². The van der Waals surface area contributed by atoms with E-state index in [9.17, 15) is 4.79 Å². The van der Waals surface area contributed by atoms with Crippen LogP contribution < -0.4 is 10.2 Å². The van der Waals surface area contributed by atoms with Crippen molar-refractivity contribution in [3.05, 3.63) is 88.4 Å². The topological polar surface area (TPSA) is 50.7 Å². The first kappa shape index (κ1) is 18.9. The van der Waals surface area contributed by atoms with Gasteiger partial charge < -0.3 is 4.74 Å². The molecule has 0 saturated carbocycles. The number of hydrogen-bond donors (Lipinski definition) is 1. The molecular weight excluding hydrogens is 404 g/mol. The highest BCUT2D eigenvalue weighted by molar-refractivity contribution is 9.10. The number of nitrogens with zero attached hydrogens (tertiary/aromatic N) is 1. The lowest BCUT2D eigenvalue weighted by Crippen LogP contribution is -2.19. The minimum Gasteiger partial charge on any atom is -0.496 e. The Bertz CT molecular complexity index is 967. The quantitative estimate of drug-likeness (QED) is 0.449. The highest BCUT2D eigenvalue weighted by atomic mass is 79.9. The van der Waals surface area contributed by atoms with Crippen molar-refractivity contribution in [2.24, 2.45) is 5.10 Å². The number of rotatable bonds is 5. The molecule has 1 N–H and O–H groups in total. The third-order valence-electron chi connectivity index (χ3n) is 4.15. The van der Waals surface area contributed by atoms with Gasteiger partial charge in [-0.05, 0) is 57.7 Å². The van der Waals surface area contributed by atoms with Gasteiger partial charge in [0, 0.05) is 5.56 Å². The van der Waals surface area contributed by atoms with Crippen molar-refractivity contribution in [3.63, 3.8) is 0 Å². The summed E-state index contributed by atoms with van der Waals surface area (Å²) in [6, 6.07) is 23.4. The van der Waals surface area contributed by atoms with E-state index in [2.05, 4.69) is 38.6 Å². The van der Waals surface area contributed by atoms with E-state index in [1.165, 1.54) is 0 Å². The second-order valence-corrected chi connectivity index (χ2v) is 6.79. The van der Waals surface area contributed by atoms with Crippen LogP contribution in [-0.4, -0.2) is 18.7 Å². The van der Waals surface area contributed by atoms with Crippen LogP contribution in [0, 0.1) is 0 Å². The molecule has 0 aliphatic carbocycles. The lowest BCUT2D eigenvalue weighted by molar-refractivity contribution is 0.0954. The van der Waals surface area contributed by atoms with Gasteiger partial charge in [0.25, 0.3) is 5.91 Å². The zero-order valence-corrected chi connectivity index (χ0v) is 16.7. The molecule has 0 fully saturated rings. The van der Waals surface area contributed by atoms with Crippen molar-refractivity contribution in [3.8, 4) is 16.9 Å². The summed E-state index contributed by atoms with van der Waals surface area (Å²) in [4.78, 5) is 12.3. The summed E-state index contributed by atoms with van der Waals surface area (Å²) in [6.07, 6.45) is 0. The van der Waals surface area contributed by atoms with Crippen LogP contribution >= 0.6 is 15.9 Å². The van der Waals surface area contributed by atoms with Crippen LogP contribution in [0.1, 0.15) is 22.8 Å². The number of amides is 1. The molecule has 3 aromatic rings. The number of benzene rings is 3. The van der Waals surface area contributed by atoms with Crippen molar-refractivity contribution in [1.82, 2.24) is 5.43 Å². The first-order chi connectivity index (χ1) is 13.1. The van der Waals surface area contributed by atoms with Gasteiger partial charge in [0.15, 0.2) is 0 Å². The minimum atomic E-state index is -0.279. The fraction of sp³-hybridized carbons (Fsp3) is 0.0909. The number of ether oxygens (including phenoxy) is 1. The fourth-order valence-electron chi connectivity index (χ4n) is 2.61. The summed E-state index contributed by atoms with van der Waals surface area (Å²) >= 11 is 3.38. The molecule has 0 saturated heterocycles. The van der Waals surface area contributed by atoms with Crippen LogP contribution in [-0.2, 0) is 0 Å². The maximum atomic E-state index is 12.3. The number of carbonyl (C=O) groups excluding carboxylic acids is 1. The molecule has 0 unspecified atom stereocenters. The summed E-state index contributed by atoms with van der Waals surface area (Å²) < 4.78 is 5.89. The standard InChI is InChI=1S/C22H19BrN2O2/c1-15(16-8-10-18(11-9-16)17-6-4-3-5-7-17)24-25-22(26)19-12-13-21(27-2)20(23)14-19/h3-14H,1-2H3,(H,25,26). The Morgan fingerprint density at radius 1 is 0.926 bits per heavy atom. The van der Waals surface area contributed by atoms with Crippen LogP contribution in [0.15, 0.2) is 82.4 Å². The van der Waals surface area contributed by atoms with Crippen LogP contribution in [0.5, 0.6) is 5.75 Å². The van der Waals surface area contributed by atoms with Gasteiger partial charge in [0.1, 0.15) is 5.75 Å². The van der Waals surface area contributed by atoms with Gasteiger partial charge >= 0.3 is 0 Å². The van der Waals surface area contributed by atoms with E-state index in [4.69, 9.17) is 4.74 Å². The Labute approximate surface area is 167 Å². The van der Waals surface area contributed by atoms with E-state index in [0.717, 1.165) is 26.9 Å². The number of carbonyl (C=O) groups is 1. The molecule has 3 aromatic carbocycles. The van der Waals surface area contributed by atoms with Gasteiger partial charge in [-0.25, -0.2) is 5.43 Å². The lowest BCUT2D eigenvalue weighted by atomic mass is 10.0. The summed E-state index contributed by atoms with van der Waals surface area (Å²) in [5, 5.41) is 4.22. The van der Waals surface area contributed by atoms with Gasteiger partial charge in [-0.2, -0.15) is 5.10 Å². The van der Waals surface area contributed by atoms with E-state index in [1.54, 1.807) is 25.3 Å². The number of methoxy groups -OCH3 is 1. The van der Waals surface area contributed by atoms with Gasteiger partial charge in [-0.15, -0.1) is 0 Å². The highest BCUT2D eigenvalue weighted by Crippen LogP contribution is 2.25. The van der Waals surface area contributed by atoms with Crippen molar-refractivity contribution in [1.29, 1.82) is 0 Å². The molecule has 27 heavy (non-hydrogen) atoms. The van der Waals surface area contributed by atoms with E-state index >= 15 is 0 Å². The van der Waals surface area contributed by atoms with E-state index in [0.29, 0.717) is 11.3 Å². The van der Waals surface area contributed by atoms with Crippen molar-refractivity contribution in [2.75, 3.05) is 7.11 Å². The molecule has 0 aliphatic rings. The second-order valence-electron chi connectivity index (χ2n) is 5.93. The largest absolute Gasteiger partial charge is 0.496 e. The summed E-state index contributed by atoms with van der Waals surface area (Å²) in [7, 11) is 1.58. The molecular formula is C22H19BrN2O2. The Morgan fingerprint density at radius 2 is 1.56 bits per heavy atom. The smallest absolute Gasteiger partial charge is 0.271 e. The normalized spacial score (nSPS) is 11.1. The Morgan fingerprint density at radius 3 is 2.19 bits per heavy atom. The predicted molar refractivity (Wildman–Crippen MR) is 112 cm³/mol. The third kappa shape index (κ3) is 4.63. The molecule has 136 valence electrons. The summed E-state index contributed by atoms with van der Waals surface area (Å²) in [6.45, 7) is 1.86. The van der Waals surface area contributed by atoms with Crippen molar-refractivity contribution >= 4 is 27.5 Å². The van der Waals surface area contributed by atoms with Gasteiger partial charge in [-0.1, -0.05) is 54.6 Å². The molecule has 0 aliphatic heterocycles. The zero-order valence-electron chi connectivity index (χ0n) is 15.1. The first-order valence-electron chi connectivity index (χ1n) is 8.42. The maximum Gasteiger partial charge on any atom is 0.271 e. The summed E-state index contributed by atoms with van der Waals surface area (Å²) in [5.74, 6) is 0.392. The molecule has 0 aromatic heterocycles. The predicted octanol–water partition coefficient (Wildman–Crippen LogP) is 5.28. The molecule has 0 atom stereocenters. The Kier molecular flexibility index (Phi) is 6.04. The average Bonchev–Trinajstić information content (AvgIpc) is 2.72. The first-order valence-corrected chi connectivity index (χ1v) is 9.22. The van der Waals surface area contributed by atoms with Crippen molar-refractivity contribution in [2.45, 2.75) is 6.92 Å². The molecule has 1 amide bonds. The zero-order chi connectivity index (χ0) is 19.2. The van der Waals surface area contributed by atoms with Crippen LogP contribution in [0.3, 0.4) is 0 Å². The van der Waals surface area contributed by atoms with Gasteiger partial charge in [0.05, 0.1) is 17.3 Å². The van der Waals surface area contributed by atoms with Crippen LogP contribution in [0.2, 0.25) is 0 Å². The van der Waals surface area contributed by atoms with Crippen molar-refractivity contribution < 1.29 is 9.53 Å². The van der Waals surface area contributed by atoms with E-state index < -0.39 is 0 Å². The van der Waals surface area contributed by atoms with Crippen LogP contribution in [0.4, 0.5) is 0 Å². The maximum absolute atomic E-state index is 12.3. The molecule has 3 rings (SSSR count). The van der Waals surface area contributed by atoms with E-state index in [-0.39, 0.29) is 5.91 Å². The number of nitrogens with one attached hydrogen (secondary N) is 1. The lowest BCUT2D eigenvalue weighted by Gasteiger charge is -2.07. The number of hydrogen-bond acceptors (Lipinski definition) is 3. The number of hydrazone groups is 1. The number of halogens is 1. The second kappa shape index (κ2) is 8.64. The Hall–Kier alpha value is -2.92. The third-order valence-corrected chi connectivity index (χ3v) is 4.77. The molecule has 4 nitrogen and oxygen atoms in total. The molecule has 0 radical (unpaired) electrons. The van der Waals surface area contributed by atoms with E-state index in [1.807, 2.05) is 49.4 Å². The molecule has 0 bridgehead atoms. The van der Waals surface area contributed by atoms with Crippen LogP contribution in [0.25, 0.3) is 11.1 Å². The molecule has 0 heterocycles. The molecule has 5 heteroatoms. The Balaban J connectivity index is 1.70. The monoisotopic (exact) mass is 422 g/mol. The minimum absolute atomic E-state index is 0.279. The molecule has 0 spiro atoms.